The van der Waals surface area contributed by atoms with Gasteiger partial charge in [-0.3, -0.25) is 19.5 Å². The van der Waals surface area contributed by atoms with E-state index in [4.69, 9.17) is 5.73 Å². The van der Waals surface area contributed by atoms with Crippen LogP contribution in [0.5, 0.6) is 0 Å². The monoisotopic (exact) mass is 331 g/mol. The molecule has 2 saturated heterocycles. The molecule has 2 aliphatic heterocycles. The second kappa shape index (κ2) is 7.61. The Hall–Kier alpha value is -2.15. The first-order chi connectivity index (χ1) is 11.6. The fraction of sp³-hybridized carbons (Fsp3) is 0.588. The number of anilines is 1. The molecule has 0 bridgehead atoms. The summed E-state index contributed by atoms with van der Waals surface area (Å²) >= 11 is 0. The van der Waals surface area contributed by atoms with E-state index in [1.54, 1.807) is 23.2 Å². The van der Waals surface area contributed by atoms with Gasteiger partial charge in [0.25, 0.3) is 5.91 Å². The van der Waals surface area contributed by atoms with E-state index < -0.39 is 0 Å². The van der Waals surface area contributed by atoms with Crippen molar-refractivity contribution in [3.63, 3.8) is 0 Å². The lowest BCUT2D eigenvalue weighted by Crippen LogP contribution is -2.42. The molecule has 2 amide bonds. The van der Waals surface area contributed by atoms with Gasteiger partial charge in [0.05, 0.1) is 6.54 Å². The average Bonchev–Trinajstić information content (AvgIpc) is 2.95. The number of nitrogen functional groups attached to an aromatic ring is 1. The molecule has 1 aromatic heterocycles. The Morgan fingerprint density at radius 1 is 1.00 bits per heavy atom. The van der Waals surface area contributed by atoms with Crippen LogP contribution in [0.1, 0.15) is 29.8 Å². The number of aromatic nitrogens is 1. The van der Waals surface area contributed by atoms with Crippen molar-refractivity contribution in [3.8, 4) is 0 Å². The number of likely N-dealkylation sites (tertiary alicyclic amines) is 1. The average molecular weight is 331 g/mol. The van der Waals surface area contributed by atoms with Crippen LogP contribution in [0.3, 0.4) is 0 Å². The zero-order valence-corrected chi connectivity index (χ0v) is 14.0. The molecular formula is C17H25N5O2. The quantitative estimate of drug-likeness (QED) is 0.869. The summed E-state index contributed by atoms with van der Waals surface area (Å²) in [4.78, 5) is 35.0. The van der Waals surface area contributed by atoms with Crippen molar-refractivity contribution >= 4 is 17.5 Å². The van der Waals surface area contributed by atoms with Crippen molar-refractivity contribution in [3.05, 3.63) is 24.0 Å². The summed E-state index contributed by atoms with van der Waals surface area (Å²) in [7, 11) is 0. The molecule has 130 valence electrons. The summed E-state index contributed by atoms with van der Waals surface area (Å²) in [6.07, 6.45) is 4.71. The molecule has 0 aliphatic carbocycles. The fourth-order valence-electron chi connectivity index (χ4n) is 3.33. The predicted molar refractivity (Wildman–Crippen MR) is 91.4 cm³/mol. The van der Waals surface area contributed by atoms with Gasteiger partial charge in [-0.2, -0.15) is 0 Å². The summed E-state index contributed by atoms with van der Waals surface area (Å²) in [6.45, 7) is 5.02. The summed E-state index contributed by atoms with van der Waals surface area (Å²) in [5.74, 6) is 0.0596. The largest absolute Gasteiger partial charge is 0.399 e. The summed E-state index contributed by atoms with van der Waals surface area (Å²) < 4.78 is 0. The number of amides is 2. The highest BCUT2D eigenvalue weighted by molar-refractivity contribution is 5.93. The highest BCUT2D eigenvalue weighted by Crippen LogP contribution is 2.12. The first-order valence-corrected chi connectivity index (χ1v) is 8.64. The van der Waals surface area contributed by atoms with Crippen LogP contribution in [-0.2, 0) is 4.79 Å². The number of pyridine rings is 1. The molecule has 0 spiro atoms. The SMILES string of the molecule is Nc1ccnc(C(=O)N2CCCN(C(=O)CN3CCCC3)CC2)c1. The number of hydrogen-bond acceptors (Lipinski definition) is 5. The maximum Gasteiger partial charge on any atom is 0.272 e. The molecule has 0 saturated carbocycles. The number of nitrogens with two attached hydrogens (primary N) is 1. The maximum absolute atomic E-state index is 12.6. The Balaban J connectivity index is 1.56. The minimum absolute atomic E-state index is 0.115. The molecule has 7 heteroatoms. The molecule has 0 unspecified atom stereocenters. The van der Waals surface area contributed by atoms with Crippen LogP contribution >= 0.6 is 0 Å². The third-order valence-electron chi connectivity index (χ3n) is 4.70. The number of hydrogen-bond donors (Lipinski definition) is 1. The lowest BCUT2D eigenvalue weighted by molar-refractivity contribution is -0.132. The van der Waals surface area contributed by atoms with E-state index in [1.165, 1.54) is 12.8 Å². The Bertz CT molecular complexity index is 600. The normalized spacial score (nSPS) is 19.3. The van der Waals surface area contributed by atoms with Gasteiger partial charge in [0.2, 0.25) is 5.91 Å². The molecule has 0 atom stereocenters. The van der Waals surface area contributed by atoms with Crippen LogP contribution < -0.4 is 5.73 Å². The molecule has 2 N–H and O–H groups in total. The summed E-state index contributed by atoms with van der Waals surface area (Å²) in [5, 5.41) is 0. The lowest BCUT2D eigenvalue weighted by atomic mass is 10.2. The number of carbonyl (C=O) groups excluding carboxylic acids is 2. The van der Waals surface area contributed by atoms with Gasteiger partial charge in [-0.15, -0.1) is 0 Å². The molecule has 7 nitrogen and oxygen atoms in total. The van der Waals surface area contributed by atoms with Gasteiger partial charge in [-0.25, -0.2) is 0 Å². The number of carbonyl (C=O) groups is 2. The zero-order chi connectivity index (χ0) is 16.9. The molecule has 2 fully saturated rings. The van der Waals surface area contributed by atoms with E-state index in [0.717, 1.165) is 19.5 Å². The lowest BCUT2D eigenvalue weighted by Gasteiger charge is -2.24. The van der Waals surface area contributed by atoms with Crippen molar-refractivity contribution in [1.29, 1.82) is 0 Å². The molecule has 3 rings (SSSR count). The fourth-order valence-corrected chi connectivity index (χ4v) is 3.33. The first kappa shape index (κ1) is 16.7. The summed E-state index contributed by atoms with van der Waals surface area (Å²) in [6, 6.07) is 3.27. The Labute approximate surface area is 142 Å². The Morgan fingerprint density at radius 3 is 2.46 bits per heavy atom. The van der Waals surface area contributed by atoms with E-state index in [-0.39, 0.29) is 11.8 Å². The van der Waals surface area contributed by atoms with E-state index in [0.29, 0.717) is 44.1 Å². The van der Waals surface area contributed by atoms with Crippen molar-refractivity contribution in [2.75, 3.05) is 51.5 Å². The van der Waals surface area contributed by atoms with Gasteiger partial charge >= 0.3 is 0 Å². The zero-order valence-electron chi connectivity index (χ0n) is 14.0. The number of rotatable bonds is 3. The smallest absolute Gasteiger partial charge is 0.272 e. The summed E-state index contributed by atoms with van der Waals surface area (Å²) in [5.41, 5.74) is 6.63. The molecule has 3 heterocycles. The third kappa shape index (κ3) is 4.03. The minimum Gasteiger partial charge on any atom is -0.399 e. The van der Waals surface area contributed by atoms with Gasteiger partial charge < -0.3 is 15.5 Å². The highest BCUT2D eigenvalue weighted by atomic mass is 16.2. The maximum atomic E-state index is 12.6. The van der Waals surface area contributed by atoms with Crippen LogP contribution in [0.4, 0.5) is 5.69 Å². The molecule has 24 heavy (non-hydrogen) atoms. The van der Waals surface area contributed by atoms with E-state index in [2.05, 4.69) is 9.88 Å². The standard InChI is InChI=1S/C17H25N5O2/c18-14-4-5-19-15(12-14)17(24)22-9-3-8-21(10-11-22)16(23)13-20-6-1-2-7-20/h4-5,12H,1-3,6-11,13H2,(H2,18,19). The van der Waals surface area contributed by atoms with Crippen molar-refractivity contribution in [2.24, 2.45) is 0 Å². The van der Waals surface area contributed by atoms with Crippen molar-refractivity contribution in [1.82, 2.24) is 19.7 Å². The first-order valence-electron chi connectivity index (χ1n) is 8.64. The molecule has 0 radical (unpaired) electrons. The van der Waals surface area contributed by atoms with Crippen LogP contribution in [0.15, 0.2) is 18.3 Å². The second-order valence-electron chi connectivity index (χ2n) is 6.48. The van der Waals surface area contributed by atoms with Crippen LogP contribution in [0.2, 0.25) is 0 Å². The molecule has 0 aromatic carbocycles. The molecule has 1 aromatic rings. The van der Waals surface area contributed by atoms with Crippen LogP contribution in [0.25, 0.3) is 0 Å². The van der Waals surface area contributed by atoms with Gasteiger partial charge in [0.15, 0.2) is 0 Å². The second-order valence-corrected chi connectivity index (χ2v) is 6.48. The Kier molecular flexibility index (Phi) is 5.30. The van der Waals surface area contributed by atoms with Crippen LogP contribution in [0, 0.1) is 0 Å². The van der Waals surface area contributed by atoms with E-state index in [1.807, 2.05) is 4.90 Å². The van der Waals surface area contributed by atoms with Crippen LogP contribution in [-0.4, -0.2) is 77.3 Å². The van der Waals surface area contributed by atoms with Crippen molar-refractivity contribution in [2.45, 2.75) is 19.3 Å². The van der Waals surface area contributed by atoms with Gasteiger partial charge in [-0.05, 0) is 44.5 Å². The van der Waals surface area contributed by atoms with Gasteiger partial charge in [0.1, 0.15) is 5.69 Å². The van der Waals surface area contributed by atoms with Gasteiger partial charge in [0, 0.05) is 38.1 Å². The number of nitrogens with zero attached hydrogens (tertiary/aromatic N) is 4. The van der Waals surface area contributed by atoms with E-state index in [9.17, 15) is 9.59 Å². The van der Waals surface area contributed by atoms with E-state index >= 15 is 0 Å². The third-order valence-corrected chi connectivity index (χ3v) is 4.70. The minimum atomic E-state index is -0.115. The topological polar surface area (TPSA) is 82.8 Å². The highest BCUT2D eigenvalue weighted by Gasteiger charge is 2.25. The van der Waals surface area contributed by atoms with Crippen molar-refractivity contribution < 1.29 is 9.59 Å². The Morgan fingerprint density at radius 2 is 1.71 bits per heavy atom. The predicted octanol–water partition coefficient (Wildman–Crippen LogP) is 0.434. The van der Waals surface area contributed by atoms with Gasteiger partial charge in [-0.1, -0.05) is 0 Å². The molecular weight excluding hydrogens is 306 g/mol. The molecule has 2 aliphatic rings.